The number of fused-ring (bicyclic) bond motifs is 1. The molecule has 3 rings (SSSR count). The number of aliphatic hydroxyl groups is 1. The van der Waals surface area contributed by atoms with Gasteiger partial charge >= 0.3 is 0 Å². The summed E-state index contributed by atoms with van der Waals surface area (Å²) < 4.78 is 14.8. The number of hydrogen-bond acceptors (Lipinski definition) is 3. The third-order valence-electron chi connectivity index (χ3n) is 3.49. The van der Waals surface area contributed by atoms with Crippen molar-refractivity contribution in [3.63, 3.8) is 0 Å². The van der Waals surface area contributed by atoms with Crippen molar-refractivity contribution in [3.8, 4) is 11.3 Å². The summed E-state index contributed by atoms with van der Waals surface area (Å²) in [6.07, 6.45) is 0.499. The Morgan fingerprint density at radius 2 is 2.29 bits per heavy atom. The monoisotopic (exact) mass is 309 g/mol. The smallest absolute Gasteiger partial charge is 0.269 e. The highest BCUT2D eigenvalue weighted by Gasteiger charge is 2.27. The summed E-state index contributed by atoms with van der Waals surface area (Å²) >= 11 is 5.78. The van der Waals surface area contributed by atoms with E-state index < -0.39 is 5.82 Å². The first kappa shape index (κ1) is 14.0. The Morgan fingerprint density at radius 1 is 1.48 bits per heavy atom. The molecule has 7 heteroatoms. The Hall–Kier alpha value is -1.92. The van der Waals surface area contributed by atoms with Gasteiger partial charge in [0, 0.05) is 18.7 Å². The predicted octanol–water partition coefficient (Wildman–Crippen LogP) is 2.01. The van der Waals surface area contributed by atoms with Crippen LogP contribution < -0.4 is 5.32 Å². The van der Waals surface area contributed by atoms with Crippen LogP contribution >= 0.6 is 11.6 Å². The van der Waals surface area contributed by atoms with Gasteiger partial charge in [-0.15, -0.1) is 0 Å². The van der Waals surface area contributed by atoms with E-state index in [1.807, 2.05) is 0 Å². The second-order valence-corrected chi connectivity index (χ2v) is 5.27. The van der Waals surface area contributed by atoms with E-state index >= 15 is 0 Å². The van der Waals surface area contributed by atoms with Gasteiger partial charge in [0.25, 0.3) is 5.91 Å². The molecule has 0 fully saturated rings. The average Bonchev–Trinajstić information content (AvgIpc) is 2.91. The standard InChI is InChI=1S/C14H13ClFN3O2/c15-10-5-8(1-2-11(10)16)12-6-13-14(21)17-7-9(3-4-20)19(13)18-12/h1-2,5-6,9,20H,3-4,7H2,(H,17,21). The van der Waals surface area contributed by atoms with Gasteiger partial charge < -0.3 is 10.4 Å². The molecule has 110 valence electrons. The molecule has 1 aromatic carbocycles. The molecule has 1 atom stereocenters. The van der Waals surface area contributed by atoms with Crippen LogP contribution in [0.4, 0.5) is 4.39 Å². The number of amides is 1. The zero-order valence-electron chi connectivity index (χ0n) is 11.0. The normalized spacial score (nSPS) is 17.5. The lowest BCUT2D eigenvalue weighted by Crippen LogP contribution is -2.39. The fourth-order valence-electron chi connectivity index (χ4n) is 2.40. The van der Waals surface area contributed by atoms with E-state index in [4.69, 9.17) is 16.7 Å². The first-order valence-corrected chi connectivity index (χ1v) is 6.92. The van der Waals surface area contributed by atoms with Gasteiger partial charge in [-0.2, -0.15) is 5.10 Å². The van der Waals surface area contributed by atoms with Gasteiger partial charge in [-0.3, -0.25) is 9.48 Å². The molecule has 1 aromatic heterocycles. The first-order valence-electron chi connectivity index (χ1n) is 6.54. The number of carbonyl (C=O) groups is 1. The van der Waals surface area contributed by atoms with E-state index in [0.717, 1.165) is 0 Å². The number of aliphatic hydroxyl groups excluding tert-OH is 1. The number of carbonyl (C=O) groups excluding carboxylic acids is 1. The number of rotatable bonds is 3. The lowest BCUT2D eigenvalue weighted by molar-refractivity contribution is 0.0901. The maximum Gasteiger partial charge on any atom is 0.269 e. The third kappa shape index (κ3) is 2.52. The molecule has 0 saturated heterocycles. The highest BCUT2D eigenvalue weighted by molar-refractivity contribution is 6.31. The Balaban J connectivity index is 2.04. The minimum absolute atomic E-state index is 0.00910. The van der Waals surface area contributed by atoms with Crippen LogP contribution in [-0.4, -0.2) is 33.9 Å². The van der Waals surface area contributed by atoms with E-state index in [9.17, 15) is 9.18 Å². The molecular weight excluding hydrogens is 297 g/mol. The van der Waals surface area contributed by atoms with Crippen LogP contribution in [-0.2, 0) is 0 Å². The number of nitrogens with zero attached hydrogens (tertiary/aromatic N) is 2. The fourth-order valence-corrected chi connectivity index (χ4v) is 2.58. The molecule has 2 aromatic rings. The Kier molecular flexibility index (Phi) is 3.65. The van der Waals surface area contributed by atoms with Crippen molar-refractivity contribution in [1.82, 2.24) is 15.1 Å². The molecule has 5 nitrogen and oxygen atoms in total. The highest BCUT2D eigenvalue weighted by atomic mass is 35.5. The van der Waals surface area contributed by atoms with Gasteiger partial charge in [0.2, 0.25) is 0 Å². The van der Waals surface area contributed by atoms with Gasteiger partial charge in [-0.05, 0) is 30.7 Å². The predicted molar refractivity (Wildman–Crippen MR) is 75.7 cm³/mol. The minimum Gasteiger partial charge on any atom is -0.396 e. The van der Waals surface area contributed by atoms with Crippen molar-refractivity contribution in [1.29, 1.82) is 0 Å². The van der Waals surface area contributed by atoms with E-state index in [1.54, 1.807) is 16.8 Å². The van der Waals surface area contributed by atoms with Gasteiger partial charge in [0.15, 0.2) is 0 Å². The van der Waals surface area contributed by atoms with Gasteiger partial charge in [-0.1, -0.05) is 11.6 Å². The van der Waals surface area contributed by atoms with Gasteiger partial charge in [0.1, 0.15) is 11.5 Å². The molecule has 2 N–H and O–H groups in total. The molecule has 1 aliphatic rings. The van der Waals surface area contributed by atoms with E-state index in [-0.39, 0.29) is 23.6 Å². The third-order valence-corrected chi connectivity index (χ3v) is 3.78. The lowest BCUT2D eigenvalue weighted by atomic mass is 10.1. The summed E-state index contributed by atoms with van der Waals surface area (Å²) in [5, 5.41) is 16.3. The SMILES string of the molecule is O=C1NCC(CCO)n2nc(-c3ccc(F)c(Cl)c3)cc21. The molecule has 2 heterocycles. The van der Waals surface area contributed by atoms with Crippen molar-refractivity contribution >= 4 is 17.5 Å². The number of hydrogen-bond donors (Lipinski definition) is 2. The molecule has 0 spiro atoms. The van der Waals surface area contributed by atoms with Crippen LogP contribution in [0.3, 0.4) is 0 Å². The Morgan fingerprint density at radius 3 is 3.00 bits per heavy atom. The molecular formula is C14H13ClFN3O2. The summed E-state index contributed by atoms with van der Waals surface area (Å²) in [4.78, 5) is 11.9. The summed E-state index contributed by atoms with van der Waals surface area (Å²) in [5.74, 6) is -0.712. The van der Waals surface area contributed by atoms with Crippen LogP contribution in [0.5, 0.6) is 0 Å². The fraction of sp³-hybridized carbons (Fsp3) is 0.286. The van der Waals surface area contributed by atoms with Crippen LogP contribution in [0.1, 0.15) is 23.0 Å². The van der Waals surface area contributed by atoms with Crippen LogP contribution in [0, 0.1) is 5.82 Å². The number of nitrogens with one attached hydrogen (secondary N) is 1. The molecule has 1 aliphatic heterocycles. The highest BCUT2D eigenvalue weighted by Crippen LogP contribution is 2.27. The molecule has 0 radical (unpaired) electrons. The van der Waals surface area contributed by atoms with Crippen molar-refractivity contribution in [2.75, 3.05) is 13.2 Å². The maximum absolute atomic E-state index is 13.2. The summed E-state index contributed by atoms with van der Waals surface area (Å²) in [6.45, 7) is 0.440. The quantitative estimate of drug-likeness (QED) is 0.911. The van der Waals surface area contributed by atoms with E-state index in [1.165, 1.54) is 12.1 Å². The first-order chi connectivity index (χ1) is 10.1. The average molecular weight is 310 g/mol. The summed E-state index contributed by atoms with van der Waals surface area (Å²) in [7, 11) is 0. The van der Waals surface area contributed by atoms with E-state index in [0.29, 0.717) is 29.9 Å². The molecule has 1 unspecified atom stereocenters. The van der Waals surface area contributed by atoms with Crippen LogP contribution in [0.15, 0.2) is 24.3 Å². The van der Waals surface area contributed by atoms with Crippen LogP contribution in [0.25, 0.3) is 11.3 Å². The molecule has 0 aliphatic carbocycles. The largest absolute Gasteiger partial charge is 0.396 e. The number of benzene rings is 1. The van der Waals surface area contributed by atoms with E-state index in [2.05, 4.69) is 10.4 Å². The van der Waals surface area contributed by atoms with Gasteiger partial charge in [0.05, 0.1) is 16.8 Å². The molecule has 21 heavy (non-hydrogen) atoms. The Bertz CT molecular complexity index is 702. The molecule has 0 bridgehead atoms. The van der Waals surface area contributed by atoms with Crippen molar-refractivity contribution in [3.05, 3.63) is 40.8 Å². The lowest BCUT2D eigenvalue weighted by Gasteiger charge is -2.24. The maximum atomic E-state index is 13.2. The van der Waals surface area contributed by atoms with Crippen LogP contribution in [0.2, 0.25) is 5.02 Å². The van der Waals surface area contributed by atoms with Crippen molar-refractivity contribution in [2.24, 2.45) is 0 Å². The van der Waals surface area contributed by atoms with Gasteiger partial charge in [-0.25, -0.2) is 4.39 Å². The summed E-state index contributed by atoms with van der Waals surface area (Å²) in [5.41, 5.74) is 1.61. The Labute approximate surface area is 125 Å². The number of aromatic nitrogens is 2. The zero-order chi connectivity index (χ0) is 15.0. The van der Waals surface area contributed by atoms with Crippen molar-refractivity contribution < 1.29 is 14.3 Å². The summed E-state index contributed by atoms with van der Waals surface area (Å²) in [6, 6.07) is 5.86. The topological polar surface area (TPSA) is 67.2 Å². The molecule has 1 amide bonds. The zero-order valence-corrected chi connectivity index (χ0v) is 11.8. The second kappa shape index (κ2) is 5.46. The number of halogens is 2. The second-order valence-electron chi connectivity index (χ2n) is 4.86. The van der Waals surface area contributed by atoms with Crippen molar-refractivity contribution in [2.45, 2.75) is 12.5 Å². The molecule has 0 saturated carbocycles. The minimum atomic E-state index is -0.500.